The fourth-order valence-electron chi connectivity index (χ4n) is 2.86. The van der Waals surface area contributed by atoms with Crippen LogP contribution in [0.4, 0.5) is 10.1 Å². The maximum Gasteiger partial charge on any atom is 0.305 e. The van der Waals surface area contributed by atoms with Gasteiger partial charge in [0.2, 0.25) is 0 Å². The van der Waals surface area contributed by atoms with Crippen LogP contribution in [0.25, 0.3) is 22.3 Å². The lowest BCUT2D eigenvalue weighted by Crippen LogP contribution is -2.17. The third-order valence-electron chi connectivity index (χ3n) is 4.06. The molecule has 3 rings (SSSR count). The molecule has 0 spiro atoms. The van der Waals surface area contributed by atoms with Crippen molar-refractivity contribution < 1.29 is 9.41 Å². The molecular formula is C18H16B2FNO. The molecule has 0 heterocycles. The molecule has 23 heavy (non-hydrogen) atoms. The number of halogens is 1. The largest absolute Gasteiger partial charge is 0.449 e. The number of rotatable bonds is 3. The molecule has 0 amide bonds. The van der Waals surface area contributed by atoms with Gasteiger partial charge >= 0.3 is 7.48 Å². The van der Waals surface area contributed by atoms with Crippen molar-refractivity contribution in [3.05, 3.63) is 66.5 Å². The van der Waals surface area contributed by atoms with Gasteiger partial charge in [-0.3, -0.25) is 0 Å². The predicted molar refractivity (Wildman–Crippen MR) is 98.9 cm³/mol. The molecule has 3 N–H and O–H groups in total. The van der Waals surface area contributed by atoms with Crippen molar-refractivity contribution >= 4 is 31.9 Å². The number of nitrogens with two attached hydrogens (primary N) is 1. The summed E-state index contributed by atoms with van der Waals surface area (Å²) in [5.74, 6) is -0.347. The smallest absolute Gasteiger partial charge is 0.305 e. The van der Waals surface area contributed by atoms with Crippen molar-refractivity contribution in [3.63, 3.8) is 0 Å². The molecular weight excluding hydrogens is 287 g/mol. The van der Waals surface area contributed by atoms with Crippen LogP contribution >= 0.6 is 0 Å². The molecule has 0 radical (unpaired) electrons. The van der Waals surface area contributed by atoms with Crippen molar-refractivity contribution in [2.75, 3.05) is 5.73 Å². The van der Waals surface area contributed by atoms with Gasteiger partial charge in [-0.25, -0.2) is 4.39 Å². The van der Waals surface area contributed by atoms with Gasteiger partial charge in [0.1, 0.15) is 13.7 Å². The molecule has 0 aliphatic rings. The van der Waals surface area contributed by atoms with E-state index < -0.39 is 0 Å². The summed E-state index contributed by atoms with van der Waals surface area (Å²) < 4.78 is 14.2. The lowest BCUT2D eigenvalue weighted by Gasteiger charge is -2.15. The number of anilines is 1. The summed E-state index contributed by atoms with van der Waals surface area (Å²) in [5, 5.41) is 9.54. The van der Waals surface area contributed by atoms with Gasteiger partial charge in [-0.15, -0.1) is 0 Å². The van der Waals surface area contributed by atoms with Crippen LogP contribution in [-0.2, 0) is 0 Å². The summed E-state index contributed by atoms with van der Waals surface area (Å²) in [6, 6.07) is 18.0. The molecule has 0 saturated carbocycles. The average Bonchev–Trinajstić information content (AvgIpc) is 2.57. The second-order valence-electron chi connectivity index (χ2n) is 5.54. The second-order valence-corrected chi connectivity index (χ2v) is 5.54. The zero-order chi connectivity index (χ0) is 16.4. The predicted octanol–water partition coefficient (Wildman–Crippen LogP) is 0.969. The third kappa shape index (κ3) is 2.88. The normalized spacial score (nSPS) is 10.5. The Morgan fingerprint density at radius 3 is 2.09 bits per heavy atom. The molecule has 0 aromatic heterocycles. The maximum atomic E-state index is 14.2. The molecule has 5 heteroatoms. The zero-order valence-electron chi connectivity index (χ0n) is 12.9. The lowest BCUT2D eigenvalue weighted by atomic mass is 9.80. The standard InChI is InChI=1S/C18H16B2FNO/c19-16-7-3-1-5-12(16)14-9-11(21)10-15(18(14)22)13-6-2-4-8-17(13)20-23/h1-10,20,23H,19,22H2. The van der Waals surface area contributed by atoms with Crippen LogP contribution in [0.5, 0.6) is 0 Å². The van der Waals surface area contributed by atoms with E-state index in [2.05, 4.69) is 0 Å². The Kier molecular flexibility index (Phi) is 4.22. The molecule has 2 nitrogen and oxygen atoms in total. The highest BCUT2D eigenvalue weighted by molar-refractivity contribution is 6.48. The Bertz CT molecular complexity index is 867. The van der Waals surface area contributed by atoms with Crippen LogP contribution in [0.3, 0.4) is 0 Å². The number of nitrogen functional groups attached to an aromatic ring is 1. The van der Waals surface area contributed by atoms with Gasteiger partial charge in [-0.1, -0.05) is 54.0 Å². The fourth-order valence-corrected chi connectivity index (χ4v) is 2.86. The van der Waals surface area contributed by atoms with E-state index in [-0.39, 0.29) is 13.3 Å². The van der Waals surface area contributed by atoms with Crippen molar-refractivity contribution in [2.45, 2.75) is 0 Å². The SMILES string of the molecule is Bc1ccccc1-c1cc(F)cc(-c2ccccc2BO)c1N. The zero-order valence-corrected chi connectivity index (χ0v) is 12.9. The number of hydrogen-bond donors (Lipinski definition) is 2. The Labute approximate surface area is 136 Å². The highest BCUT2D eigenvalue weighted by Crippen LogP contribution is 2.34. The Balaban J connectivity index is 2.27. The lowest BCUT2D eigenvalue weighted by molar-refractivity contribution is 0.615. The molecule has 0 unspecified atom stereocenters. The monoisotopic (exact) mass is 303 g/mol. The van der Waals surface area contributed by atoms with E-state index in [9.17, 15) is 9.41 Å². The molecule has 0 fully saturated rings. The first kappa shape index (κ1) is 15.4. The Hall–Kier alpha value is -2.52. The molecule has 0 aliphatic carbocycles. The molecule has 0 bridgehead atoms. The van der Waals surface area contributed by atoms with Gasteiger partial charge < -0.3 is 10.8 Å². The van der Waals surface area contributed by atoms with Crippen LogP contribution in [0, 0.1) is 5.82 Å². The minimum absolute atomic E-state index is 0.119. The van der Waals surface area contributed by atoms with E-state index in [0.717, 1.165) is 22.1 Å². The van der Waals surface area contributed by atoms with E-state index in [1.165, 1.54) is 12.1 Å². The summed E-state index contributed by atoms with van der Waals surface area (Å²) in [6.45, 7) is 0. The van der Waals surface area contributed by atoms with Crippen LogP contribution in [-0.4, -0.2) is 20.4 Å². The summed E-state index contributed by atoms with van der Waals surface area (Å²) in [6.07, 6.45) is 0. The van der Waals surface area contributed by atoms with Crippen molar-refractivity contribution in [2.24, 2.45) is 0 Å². The highest BCUT2D eigenvalue weighted by atomic mass is 19.1. The average molecular weight is 303 g/mol. The topological polar surface area (TPSA) is 46.2 Å². The molecule has 112 valence electrons. The minimum atomic E-state index is -0.347. The summed E-state index contributed by atoms with van der Waals surface area (Å²) >= 11 is 0. The number of benzene rings is 3. The second kappa shape index (κ2) is 6.31. The summed E-state index contributed by atoms with van der Waals surface area (Å²) in [5.41, 5.74) is 11.6. The first-order valence-corrected chi connectivity index (χ1v) is 7.46. The molecule has 3 aromatic carbocycles. The van der Waals surface area contributed by atoms with Crippen LogP contribution < -0.4 is 16.7 Å². The van der Waals surface area contributed by atoms with Gasteiger partial charge in [-0.05, 0) is 28.7 Å². The fraction of sp³-hybridized carbons (Fsp3) is 0. The molecule has 0 aliphatic heterocycles. The molecule has 0 saturated heterocycles. The van der Waals surface area contributed by atoms with Gasteiger partial charge in [0.25, 0.3) is 0 Å². The van der Waals surface area contributed by atoms with E-state index in [4.69, 9.17) is 5.73 Å². The van der Waals surface area contributed by atoms with E-state index in [0.29, 0.717) is 16.8 Å². The Morgan fingerprint density at radius 1 is 0.870 bits per heavy atom. The van der Waals surface area contributed by atoms with E-state index >= 15 is 0 Å². The van der Waals surface area contributed by atoms with E-state index in [1.54, 1.807) is 0 Å². The van der Waals surface area contributed by atoms with Crippen molar-refractivity contribution in [1.82, 2.24) is 0 Å². The van der Waals surface area contributed by atoms with Crippen LogP contribution in [0.1, 0.15) is 0 Å². The molecule has 3 aromatic rings. The van der Waals surface area contributed by atoms with Crippen LogP contribution in [0.15, 0.2) is 60.7 Å². The highest BCUT2D eigenvalue weighted by Gasteiger charge is 2.15. The maximum absolute atomic E-state index is 14.2. The van der Waals surface area contributed by atoms with Crippen molar-refractivity contribution in [1.29, 1.82) is 0 Å². The number of hydrogen-bond acceptors (Lipinski definition) is 2. The van der Waals surface area contributed by atoms with Gasteiger partial charge in [0.05, 0.1) is 0 Å². The summed E-state index contributed by atoms with van der Waals surface area (Å²) in [4.78, 5) is 0. The van der Waals surface area contributed by atoms with Crippen LogP contribution in [0.2, 0.25) is 0 Å². The molecule has 0 atom stereocenters. The minimum Gasteiger partial charge on any atom is -0.449 e. The summed E-state index contributed by atoms with van der Waals surface area (Å²) in [7, 11) is 1.85. The first-order chi connectivity index (χ1) is 11.1. The van der Waals surface area contributed by atoms with Gasteiger partial charge in [-0.2, -0.15) is 0 Å². The van der Waals surface area contributed by atoms with Gasteiger partial charge in [0.15, 0.2) is 0 Å². The Morgan fingerprint density at radius 2 is 1.43 bits per heavy atom. The quantitative estimate of drug-likeness (QED) is 0.559. The van der Waals surface area contributed by atoms with E-state index in [1.807, 2.05) is 56.4 Å². The third-order valence-corrected chi connectivity index (χ3v) is 4.06. The van der Waals surface area contributed by atoms with Gasteiger partial charge in [0, 0.05) is 16.8 Å². The van der Waals surface area contributed by atoms with Crippen molar-refractivity contribution in [3.8, 4) is 22.3 Å². The first-order valence-electron chi connectivity index (χ1n) is 7.46.